The van der Waals surface area contributed by atoms with Crippen molar-refractivity contribution < 1.29 is 19.1 Å². The fourth-order valence-electron chi connectivity index (χ4n) is 1.24. The molecule has 1 N–H and O–H groups in total. The van der Waals surface area contributed by atoms with Crippen molar-refractivity contribution in [1.29, 1.82) is 0 Å². The van der Waals surface area contributed by atoms with E-state index in [0.717, 1.165) is 6.42 Å². The van der Waals surface area contributed by atoms with Crippen LogP contribution in [0.1, 0.15) is 32.6 Å². The predicted molar refractivity (Wildman–Crippen MR) is 71.0 cm³/mol. The van der Waals surface area contributed by atoms with Crippen molar-refractivity contribution in [3.05, 3.63) is 0 Å². The molecule has 0 aromatic rings. The minimum atomic E-state index is -0.721. The third-order valence-corrected chi connectivity index (χ3v) is 2.12. The second-order valence-corrected chi connectivity index (χ2v) is 3.70. The van der Waals surface area contributed by atoms with Crippen LogP contribution in [0.3, 0.4) is 0 Å². The summed E-state index contributed by atoms with van der Waals surface area (Å²) in [6.07, 6.45) is 11.3. The fourth-order valence-corrected chi connectivity index (χ4v) is 1.24. The van der Waals surface area contributed by atoms with Gasteiger partial charge in [-0.2, -0.15) is 0 Å². The first-order valence-corrected chi connectivity index (χ1v) is 6.12. The molecule has 0 aliphatic rings. The normalized spacial score (nSPS) is 10.7. The Labute approximate surface area is 114 Å². The molecule has 0 aliphatic heterocycles. The van der Waals surface area contributed by atoms with Crippen LogP contribution in [0.4, 0.5) is 4.79 Å². The molecule has 19 heavy (non-hydrogen) atoms. The number of amides is 1. The van der Waals surface area contributed by atoms with Crippen LogP contribution in [0.2, 0.25) is 0 Å². The van der Waals surface area contributed by atoms with Crippen LogP contribution in [-0.4, -0.2) is 31.3 Å². The van der Waals surface area contributed by atoms with Gasteiger partial charge in [0.25, 0.3) is 0 Å². The molecule has 104 valence electrons. The average molecular weight is 265 g/mol. The molecule has 5 nitrogen and oxygen atoms in total. The highest BCUT2D eigenvalue weighted by Gasteiger charge is 2.21. The van der Waals surface area contributed by atoms with Gasteiger partial charge in [0.1, 0.15) is 19.3 Å². The first-order valence-electron chi connectivity index (χ1n) is 6.12. The highest BCUT2D eigenvalue weighted by molar-refractivity contribution is 5.81. The number of nitrogens with one attached hydrogen (secondary N) is 1. The molecule has 0 aromatic carbocycles. The van der Waals surface area contributed by atoms with Crippen LogP contribution < -0.4 is 5.32 Å². The van der Waals surface area contributed by atoms with Crippen LogP contribution in [0.5, 0.6) is 0 Å². The number of carbonyl (C=O) groups excluding carboxylic acids is 2. The van der Waals surface area contributed by atoms with Gasteiger partial charge in [0.15, 0.2) is 0 Å². The third kappa shape index (κ3) is 8.57. The van der Waals surface area contributed by atoms with Crippen molar-refractivity contribution in [3.8, 4) is 24.7 Å². The topological polar surface area (TPSA) is 64.6 Å². The molecule has 0 saturated heterocycles. The van der Waals surface area contributed by atoms with Gasteiger partial charge in [-0.3, -0.25) is 0 Å². The number of esters is 1. The Morgan fingerprint density at radius 3 is 2.26 bits per heavy atom. The quantitative estimate of drug-likeness (QED) is 0.410. The Morgan fingerprint density at radius 2 is 1.74 bits per heavy atom. The first-order chi connectivity index (χ1) is 9.15. The van der Waals surface area contributed by atoms with Crippen molar-refractivity contribution in [3.63, 3.8) is 0 Å². The molecule has 0 aliphatic carbocycles. The minimum absolute atomic E-state index is 0.118. The first kappa shape index (κ1) is 16.9. The van der Waals surface area contributed by atoms with E-state index < -0.39 is 18.1 Å². The summed E-state index contributed by atoms with van der Waals surface area (Å²) in [4.78, 5) is 23.1. The maximum atomic E-state index is 11.7. The van der Waals surface area contributed by atoms with Crippen molar-refractivity contribution >= 4 is 12.1 Å². The molecular formula is C14H19NO4. The van der Waals surface area contributed by atoms with Crippen molar-refractivity contribution in [2.24, 2.45) is 0 Å². The second kappa shape index (κ2) is 11.0. The third-order valence-electron chi connectivity index (χ3n) is 2.12. The van der Waals surface area contributed by atoms with Gasteiger partial charge in [-0.05, 0) is 6.42 Å². The average Bonchev–Trinajstić information content (AvgIpc) is 2.38. The van der Waals surface area contributed by atoms with E-state index in [-0.39, 0.29) is 13.2 Å². The SMILES string of the molecule is C#CCCOC(=O)N[C@@H](CCC)C(=O)OCCC#C. The summed E-state index contributed by atoms with van der Waals surface area (Å²) in [5, 5.41) is 2.45. The van der Waals surface area contributed by atoms with E-state index in [4.69, 9.17) is 22.3 Å². The van der Waals surface area contributed by atoms with Crippen LogP contribution >= 0.6 is 0 Å². The van der Waals surface area contributed by atoms with Crippen LogP contribution in [0.15, 0.2) is 0 Å². The highest BCUT2D eigenvalue weighted by Crippen LogP contribution is 2.01. The van der Waals surface area contributed by atoms with Gasteiger partial charge in [-0.15, -0.1) is 24.7 Å². The molecule has 5 heteroatoms. The number of hydrogen-bond donors (Lipinski definition) is 1. The zero-order valence-electron chi connectivity index (χ0n) is 11.1. The number of hydrogen-bond acceptors (Lipinski definition) is 4. The van der Waals surface area contributed by atoms with Crippen molar-refractivity contribution in [2.75, 3.05) is 13.2 Å². The molecular weight excluding hydrogens is 246 g/mol. The maximum absolute atomic E-state index is 11.7. The Bertz CT molecular complexity index is 365. The molecule has 0 radical (unpaired) electrons. The lowest BCUT2D eigenvalue weighted by atomic mass is 10.2. The summed E-state index contributed by atoms with van der Waals surface area (Å²) in [5.41, 5.74) is 0. The standard InChI is InChI=1S/C14H19NO4/c1-4-7-10-18-13(16)12(9-6-3)15-14(17)19-11-8-5-2/h1-2,12H,6-11H2,3H3,(H,15,17)/t12-/m0/s1. The maximum Gasteiger partial charge on any atom is 0.407 e. The number of ether oxygens (including phenoxy) is 2. The van der Waals surface area contributed by atoms with Gasteiger partial charge < -0.3 is 14.8 Å². The molecule has 0 saturated carbocycles. The van der Waals surface area contributed by atoms with Gasteiger partial charge in [0, 0.05) is 12.8 Å². The number of alkyl carbamates (subject to hydrolysis) is 1. The Hall–Kier alpha value is -2.14. The molecule has 0 bridgehead atoms. The molecule has 0 fully saturated rings. The van der Waals surface area contributed by atoms with E-state index in [0.29, 0.717) is 19.3 Å². The Balaban J connectivity index is 4.16. The minimum Gasteiger partial charge on any atom is -0.463 e. The number of carbonyl (C=O) groups is 2. The van der Waals surface area contributed by atoms with E-state index in [9.17, 15) is 9.59 Å². The smallest absolute Gasteiger partial charge is 0.407 e. The van der Waals surface area contributed by atoms with Crippen molar-refractivity contribution in [2.45, 2.75) is 38.6 Å². The summed E-state index contributed by atoms with van der Waals surface area (Å²) >= 11 is 0. The molecule has 1 atom stereocenters. The molecule has 1 amide bonds. The van der Waals surface area contributed by atoms with Crippen LogP contribution in [-0.2, 0) is 14.3 Å². The zero-order chi connectivity index (χ0) is 14.5. The molecule has 0 rings (SSSR count). The summed E-state index contributed by atoms with van der Waals surface area (Å²) < 4.78 is 9.74. The summed E-state index contributed by atoms with van der Waals surface area (Å²) in [6, 6.07) is -0.721. The summed E-state index contributed by atoms with van der Waals surface area (Å²) in [7, 11) is 0. The van der Waals surface area contributed by atoms with E-state index in [1.54, 1.807) is 0 Å². The van der Waals surface area contributed by atoms with Gasteiger partial charge in [0.2, 0.25) is 0 Å². The van der Waals surface area contributed by atoms with Crippen molar-refractivity contribution in [1.82, 2.24) is 5.32 Å². The lowest BCUT2D eigenvalue weighted by Gasteiger charge is -2.16. The molecule has 0 unspecified atom stereocenters. The lowest BCUT2D eigenvalue weighted by molar-refractivity contribution is -0.146. The van der Waals surface area contributed by atoms with E-state index in [1.807, 2.05) is 6.92 Å². The predicted octanol–water partition coefficient (Wildman–Crippen LogP) is 1.47. The largest absolute Gasteiger partial charge is 0.463 e. The van der Waals surface area contributed by atoms with Crippen LogP contribution in [0.25, 0.3) is 0 Å². The number of rotatable bonds is 8. The van der Waals surface area contributed by atoms with Crippen LogP contribution in [0, 0.1) is 24.7 Å². The van der Waals surface area contributed by atoms with E-state index in [1.165, 1.54) is 0 Å². The lowest BCUT2D eigenvalue weighted by Crippen LogP contribution is -2.42. The van der Waals surface area contributed by atoms with Gasteiger partial charge >= 0.3 is 12.1 Å². The highest BCUT2D eigenvalue weighted by atomic mass is 16.6. The molecule has 0 spiro atoms. The Morgan fingerprint density at radius 1 is 1.16 bits per heavy atom. The van der Waals surface area contributed by atoms with Gasteiger partial charge in [-0.1, -0.05) is 13.3 Å². The summed E-state index contributed by atoms with van der Waals surface area (Å²) in [5.74, 6) is 4.20. The Kier molecular flexibility index (Phi) is 9.74. The number of terminal acetylenes is 2. The van der Waals surface area contributed by atoms with E-state index >= 15 is 0 Å². The van der Waals surface area contributed by atoms with Gasteiger partial charge in [0.05, 0.1) is 0 Å². The summed E-state index contributed by atoms with van der Waals surface area (Å²) in [6.45, 7) is 2.16. The molecule has 0 heterocycles. The second-order valence-electron chi connectivity index (χ2n) is 3.70. The monoisotopic (exact) mass is 265 g/mol. The fraction of sp³-hybridized carbons (Fsp3) is 0.571. The van der Waals surface area contributed by atoms with Gasteiger partial charge in [-0.25, -0.2) is 9.59 Å². The molecule has 0 aromatic heterocycles. The van der Waals surface area contributed by atoms with E-state index in [2.05, 4.69) is 17.2 Å². The zero-order valence-corrected chi connectivity index (χ0v) is 11.1.